The molecule has 0 fully saturated rings. The van der Waals surface area contributed by atoms with E-state index in [0.29, 0.717) is 28.8 Å². The zero-order valence-electron chi connectivity index (χ0n) is 14.3. The Morgan fingerprint density at radius 3 is 2.65 bits per heavy atom. The highest BCUT2D eigenvalue weighted by Crippen LogP contribution is 2.21. The Bertz CT molecular complexity index is 780. The van der Waals surface area contributed by atoms with Crippen LogP contribution >= 0.6 is 23.2 Å². The van der Waals surface area contributed by atoms with Gasteiger partial charge in [0.1, 0.15) is 5.75 Å². The molecule has 1 amide bonds. The van der Waals surface area contributed by atoms with Crippen molar-refractivity contribution in [3.63, 3.8) is 0 Å². The SMILES string of the molecule is COc1cccc(CC(=O)OCC(=O)NCCc2ccc(Cl)cc2Cl)c1. The van der Waals surface area contributed by atoms with Crippen molar-refractivity contribution in [1.82, 2.24) is 5.32 Å². The molecule has 0 atom stereocenters. The van der Waals surface area contributed by atoms with Crippen molar-refractivity contribution < 1.29 is 19.1 Å². The van der Waals surface area contributed by atoms with E-state index in [2.05, 4.69) is 5.32 Å². The fraction of sp³-hybridized carbons (Fsp3) is 0.263. The van der Waals surface area contributed by atoms with Crippen LogP contribution in [0.15, 0.2) is 42.5 Å². The number of methoxy groups -OCH3 is 1. The molecule has 1 N–H and O–H groups in total. The molecule has 2 aromatic carbocycles. The molecule has 0 saturated carbocycles. The third-order valence-corrected chi connectivity index (χ3v) is 4.17. The summed E-state index contributed by atoms with van der Waals surface area (Å²) in [5, 5.41) is 3.80. The molecule has 0 saturated heterocycles. The van der Waals surface area contributed by atoms with Crippen LogP contribution in [0.5, 0.6) is 5.75 Å². The molecule has 26 heavy (non-hydrogen) atoms. The maximum absolute atomic E-state index is 11.8. The number of benzene rings is 2. The summed E-state index contributed by atoms with van der Waals surface area (Å²) in [4.78, 5) is 23.6. The van der Waals surface area contributed by atoms with Gasteiger partial charge >= 0.3 is 5.97 Å². The van der Waals surface area contributed by atoms with Crippen molar-refractivity contribution in [2.45, 2.75) is 12.8 Å². The number of carbonyl (C=O) groups excluding carboxylic acids is 2. The lowest BCUT2D eigenvalue weighted by atomic mass is 10.1. The Kier molecular flexibility index (Phi) is 7.75. The average Bonchev–Trinajstić information content (AvgIpc) is 2.62. The lowest BCUT2D eigenvalue weighted by Crippen LogP contribution is -2.30. The number of halogens is 2. The first-order valence-electron chi connectivity index (χ1n) is 7.97. The molecule has 0 unspecified atom stereocenters. The third-order valence-electron chi connectivity index (χ3n) is 3.58. The maximum Gasteiger partial charge on any atom is 0.310 e. The van der Waals surface area contributed by atoms with Gasteiger partial charge in [0.05, 0.1) is 13.5 Å². The van der Waals surface area contributed by atoms with E-state index in [1.807, 2.05) is 6.07 Å². The highest BCUT2D eigenvalue weighted by molar-refractivity contribution is 6.35. The number of rotatable bonds is 8. The molecule has 0 radical (unpaired) electrons. The Labute approximate surface area is 162 Å². The quantitative estimate of drug-likeness (QED) is 0.695. The molecule has 0 aliphatic rings. The minimum absolute atomic E-state index is 0.0743. The molecule has 138 valence electrons. The number of amides is 1. The molecule has 2 rings (SSSR count). The lowest BCUT2D eigenvalue weighted by Gasteiger charge is -2.08. The Morgan fingerprint density at radius 1 is 1.12 bits per heavy atom. The van der Waals surface area contributed by atoms with Crippen molar-refractivity contribution in [1.29, 1.82) is 0 Å². The van der Waals surface area contributed by atoms with Gasteiger partial charge in [0.15, 0.2) is 6.61 Å². The largest absolute Gasteiger partial charge is 0.497 e. The van der Waals surface area contributed by atoms with E-state index in [-0.39, 0.29) is 18.9 Å². The Hall–Kier alpha value is -2.24. The summed E-state index contributed by atoms with van der Waals surface area (Å²) in [6.07, 6.45) is 0.629. The van der Waals surface area contributed by atoms with Crippen LogP contribution in [0.3, 0.4) is 0 Å². The van der Waals surface area contributed by atoms with Gasteiger partial charge in [0.2, 0.25) is 0 Å². The van der Waals surface area contributed by atoms with E-state index in [9.17, 15) is 9.59 Å². The molecule has 0 aromatic heterocycles. The normalized spacial score (nSPS) is 10.3. The highest BCUT2D eigenvalue weighted by atomic mass is 35.5. The van der Waals surface area contributed by atoms with E-state index in [1.54, 1.807) is 43.5 Å². The zero-order valence-corrected chi connectivity index (χ0v) is 15.8. The fourth-order valence-corrected chi connectivity index (χ4v) is 2.76. The van der Waals surface area contributed by atoms with Crippen LogP contribution in [0.2, 0.25) is 10.0 Å². The first kappa shape index (κ1) is 20.1. The van der Waals surface area contributed by atoms with Crippen LogP contribution in [-0.4, -0.2) is 32.1 Å². The van der Waals surface area contributed by atoms with Crippen LogP contribution in [0.1, 0.15) is 11.1 Å². The van der Waals surface area contributed by atoms with Crippen LogP contribution in [0.25, 0.3) is 0 Å². The molecule has 2 aromatic rings. The van der Waals surface area contributed by atoms with Crippen molar-refractivity contribution in [2.75, 3.05) is 20.3 Å². The number of hydrogen-bond acceptors (Lipinski definition) is 4. The lowest BCUT2D eigenvalue weighted by molar-refractivity contribution is -0.147. The third kappa shape index (κ3) is 6.58. The Morgan fingerprint density at radius 2 is 1.92 bits per heavy atom. The second kappa shape index (κ2) is 10.0. The molecular weight excluding hydrogens is 377 g/mol. The van der Waals surface area contributed by atoms with E-state index >= 15 is 0 Å². The molecular formula is C19H19Cl2NO4. The highest BCUT2D eigenvalue weighted by Gasteiger charge is 2.09. The summed E-state index contributed by atoms with van der Waals surface area (Å²) in [6.45, 7) is 0.0603. The predicted octanol–water partition coefficient (Wildman–Crippen LogP) is 3.45. The molecule has 0 heterocycles. The van der Waals surface area contributed by atoms with Gasteiger partial charge in [-0.25, -0.2) is 0 Å². The second-order valence-corrected chi connectivity index (χ2v) is 6.37. The second-order valence-electron chi connectivity index (χ2n) is 5.52. The summed E-state index contributed by atoms with van der Waals surface area (Å²) < 4.78 is 10.1. The van der Waals surface area contributed by atoms with Gasteiger partial charge in [-0.05, 0) is 41.8 Å². The number of nitrogens with one attached hydrogen (secondary N) is 1. The summed E-state index contributed by atoms with van der Waals surface area (Å²) >= 11 is 11.9. The summed E-state index contributed by atoms with van der Waals surface area (Å²) in [6, 6.07) is 12.3. The van der Waals surface area contributed by atoms with Crippen molar-refractivity contribution >= 4 is 35.1 Å². The monoisotopic (exact) mass is 395 g/mol. The fourth-order valence-electron chi connectivity index (χ4n) is 2.26. The van der Waals surface area contributed by atoms with Gasteiger partial charge < -0.3 is 14.8 Å². The molecule has 7 heteroatoms. The number of esters is 1. The van der Waals surface area contributed by atoms with Gasteiger partial charge in [0, 0.05) is 16.6 Å². The molecule has 0 bridgehead atoms. The predicted molar refractivity (Wildman–Crippen MR) is 101 cm³/mol. The van der Waals surface area contributed by atoms with E-state index < -0.39 is 5.97 Å². The van der Waals surface area contributed by atoms with Crippen LogP contribution in [-0.2, 0) is 27.2 Å². The van der Waals surface area contributed by atoms with Gasteiger partial charge in [-0.15, -0.1) is 0 Å². The van der Waals surface area contributed by atoms with Gasteiger partial charge in [-0.1, -0.05) is 41.4 Å². The number of hydrogen-bond donors (Lipinski definition) is 1. The molecule has 0 spiro atoms. The van der Waals surface area contributed by atoms with Crippen LogP contribution in [0, 0.1) is 0 Å². The average molecular weight is 396 g/mol. The molecule has 5 nitrogen and oxygen atoms in total. The van der Waals surface area contributed by atoms with E-state index in [4.69, 9.17) is 32.7 Å². The van der Waals surface area contributed by atoms with Gasteiger partial charge in [0.25, 0.3) is 5.91 Å². The van der Waals surface area contributed by atoms with E-state index in [0.717, 1.165) is 11.1 Å². The van der Waals surface area contributed by atoms with Gasteiger partial charge in [-0.2, -0.15) is 0 Å². The minimum atomic E-state index is -0.478. The number of ether oxygens (including phenoxy) is 2. The van der Waals surface area contributed by atoms with Crippen molar-refractivity contribution in [3.05, 3.63) is 63.6 Å². The summed E-state index contributed by atoms with van der Waals surface area (Å²) in [7, 11) is 1.55. The maximum atomic E-state index is 11.8. The van der Waals surface area contributed by atoms with Gasteiger partial charge in [-0.3, -0.25) is 9.59 Å². The minimum Gasteiger partial charge on any atom is -0.497 e. The van der Waals surface area contributed by atoms with Crippen molar-refractivity contribution in [3.8, 4) is 5.75 Å². The van der Waals surface area contributed by atoms with Crippen LogP contribution in [0.4, 0.5) is 0 Å². The van der Waals surface area contributed by atoms with Crippen molar-refractivity contribution in [2.24, 2.45) is 0 Å². The number of carbonyl (C=O) groups is 2. The zero-order chi connectivity index (χ0) is 18.9. The van der Waals surface area contributed by atoms with Crippen LogP contribution < -0.4 is 10.1 Å². The first-order chi connectivity index (χ1) is 12.5. The topological polar surface area (TPSA) is 64.6 Å². The summed E-state index contributed by atoms with van der Waals surface area (Å²) in [5.74, 6) is -0.183. The standard InChI is InChI=1S/C19H19Cl2NO4/c1-25-16-4-2-3-13(9-16)10-19(24)26-12-18(23)22-8-7-14-5-6-15(20)11-17(14)21/h2-6,9,11H,7-8,10,12H2,1H3,(H,22,23). The van der Waals surface area contributed by atoms with E-state index in [1.165, 1.54) is 0 Å². The molecule has 0 aliphatic carbocycles. The first-order valence-corrected chi connectivity index (χ1v) is 8.72. The Balaban J connectivity index is 1.70. The molecule has 0 aliphatic heterocycles. The summed E-state index contributed by atoms with van der Waals surface area (Å²) in [5.41, 5.74) is 1.64. The smallest absolute Gasteiger partial charge is 0.310 e.